The lowest BCUT2D eigenvalue weighted by Gasteiger charge is -2.29. The lowest BCUT2D eigenvalue weighted by atomic mass is 9.96. The van der Waals surface area contributed by atoms with E-state index in [1.165, 1.54) is 24.3 Å². The molecule has 0 aliphatic carbocycles. The van der Waals surface area contributed by atoms with Gasteiger partial charge in [-0.25, -0.2) is 0 Å². The van der Waals surface area contributed by atoms with E-state index < -0.39 is 165 Å². The molecule has 0 radical (unpaired) electrons. The number of benzene rings is 1. The minimum absolute atomic E-state index is 0.0730. The zero-order chi connectivity index (χ0) is 49.7. The Labute approximate surface area is 380 Å². The zero-order valence-electron chi connectivity index (χ0n) is 37.3. The summed E-state index contributed by atoms with van der Waals surface area (Å²) < 4.78 is 0. The van der Waals surface area contributed by atoms with Crippen molar-refractivity contribution in [2.24, 2.45) is 29.0 Å². The van der Waals surface area contributed by atoms with E-state index in [1.807, 2.05) is 0 Å². The summed E-state index contributed by atoms with van der Waals surface area (Å²) >= 11 is 0. The maximum absolute atomic E-state index is 13.9. The lowest BCUT2D eigenvalue weighted by molar-refractivity contribution is -0.137. The number of phenolic OH excluding ortho intramolecular Hbond substituents is 1. The first-order valence-corrected chi connectivity index (χ1v) is 21.2. The topological polar surface area (TPSA) is 411 Å². The Hall–Kier alpha value is -7.34. The average molecular weight is 931 g/mol. The van der Waals surface area contributed by atoms with E-state index in [2.05, 4.69) is 47.9 Å². The molecule has 7 atom stereocenters. The van der Waals surface area contributed by atoms with Crippen molar-refractivity contribution in [2.45, 2.75) is 115 Å². The van der Waals surface area contributed by atoms with Crippen LogP contribution in [0.5, 0.6) is 5.75 Å². The Morgan fingerprint density at radius 3 is 1.94 bits per heavy atom. The summed E-state index contributed by atoms with van der Waals surface area (Å²) in [5.74, 6) is -12.0. The molecule has 1 fully saturated rings. The second-order valence-corrected chi connectivity index (χ2v) is 16.2. The van der Waals surface area contributed by atoms with Crippen LogP contribution in [0.3, 0.4) is 0 Å². The molecule has 0 aromatic heterocycles. The smallest absolute Gasteiger partial charge is 0.243 e. The Balaban J connectivity index is 2.55. The molecule has 16 N–H and O–H groups in total. The molecule has 364 valence electrons. The van der Waals surface area contributed by atoms with Gasteiger partial charge in [-0.15, -0.1) is 0 Å². The van der Waals surface area contributed by atoms with Crippen LogP contribution in [0.4, 0.5) is 0 Å². The number of amides is 12. The van der Waals surface area contributed by atoms with Crippen LogP contribution in [0.15, 0.2) is 24.3 Å². The van der Waals surface area contributed by atoms with Crippen LogP contribution in [-0.4, -0.2) is 132 Å². The number of nitrogens with one attached hydrogen (secondary N) is 9. The number of hydrogen-bond acceptors (Lipinski definition) is 13. The van der Waals surface area contributed by atoms with Gasteiger partial charge in [-0.2, -0.15) is 0 Å². The Morgan fingerprint density at radius 1 is 0.727 bits per heavy atom. The van der Waals surface area contributed by atoms with Gasteiger partial charge in [-0.05, 0) is 48.8 Å². The van der Waals surface area contributed by atoms with Crippen molar-refractivity contribution in [1.29, 1.82) is 0 Å². The highest BCUT2D eigenvalue weighted by Crippen LogP contribution is 2.14. The van der Waals surface area contributed by atoms with E-state index in [9.17, 15) is 62.6 Å². The molecule has 1 aliphatic heterocycles. The quantitative estimate of drug-likeness (QED) is 0.0655. The molecule has 0 bridgehead atoms. The maximum atomic E-state index is 13.9. The maximum Gasteiger partial charge on any atom is 0.243 e. The predicted molar refractivity (Wildman–Crippen MR) is 232 cm³/mol. The highest BCUT2D eigenvalue weighted by Gasteiger charge is 2.35. The average Bonchev–Trinajstić information content (AvgIpc) is 3.24. The summed E-state index contributed by atoms with van der Waals surface area (Å²) in [6, 6.07) is -3.29. The lowest BCUT2D eigenvalue weighted by Crippen LogP contribution is -2.61. The standard InChI is InChI=1S/C41H62N12O13/c1-5-21(4)35-41(66)51-25(10-12-29(42)55)38(63)52-28(16-30(43)56)39(64)50-24(36(61)47-19-34(60)48-26(14-20(2)3)37(62)46-17-31(44)57)11-13-32(58)45-18-33(59)49-27(40(65)53-35)15-22-6-8-23(54)9-7-22/h6-9,20-21,24-28,35,54H,5,10-19H2,1-4H3,(H2,42,55)(H2,43,56)(H2,44,57)(H,45,58)(H,46,62)(H,47,61)(H,48,60)(H,49,59)(H,50,64)(H,51,66)(H,52,63)(H,53,65)/t21?,24-,25-,26-,27-,28-,35?/m0/s1. The first kappa shape index (κ1) is 54.8. The second kappa shape index (κ2) is 27.1. The molecule has 0 saturated carbocycles. The van der Waals surface area contributed by atoms with Gasteiger partial charge in [0.15, 0.2) is 0 Å². The molecule has 25 nitrogen and oxygen atoms in total. The van der Waals surface area contributed by atoms with Gasteiger partial charge < -0.3 is 70.2 Å². The summed E-state index contributed by atoms with van der Waals surface area (Å²) in [4.78, 5) is 156. The van der Waals surface area contributed by atoms with E-state index in [-0.39, 0.29) is 24.5 Å². The van der Waals surface area contributed by atoms with Crippen LogP contribution in [0, 0.1) is 11.8 Å². The van der Waals surface area contributed by atoms with E-state index >= 15 is 0 Å². The molecule has 0 spiro atoms. The molecule has 12 amide bonds. The predicted octanol–water partition coefficient (Wildman–Crippen LogP) is -5.30. The summed E-state index contributed by atoms with van der Waals surface area (Å²) in [7, 11) is 0. The first-order valence-electron chi connectivity index (χ1n) is 21.2. The van der Waals surface area contributed by atoms with Gasteiger partial charge in [-0.1, -0.05) is 46.2 Å². The van der Waals surface area contributed by atoms with Crippen molar-refractivity contribution in [1.82, 2.24) is 47.9 Å². The third-order valence-electron chi connectivity index (χ3n) is 10.1. The largest absolute Gasteiger partial charge is 0.508 e. The van der Waals surface area contributed by atoms with Crippen LogP contribution >= 0.6 is 0 Å². The summed E-state index contributed by atoms with van der Waals surface area (Å²) in [6.45, 7) is 4.90. The van der Waals surface area contributed by atoms with Gasteiger partial charge in [0.05, 0.1) is 26.1 Å². The molecule has 1 aromatic rings. The molecule has 1 saturated heterocycles. The fraction of sp³-hybridized carbons (Fsp3) is 0.561. The van der Waals surface area contributed by atoms with Crippen LogP contribution in [0.25, 0.3) is 0 Å². The Morgan fingerprint density at radius 2 is 1.35 bits per heavy atom. The highest BCUT2D eigenvalue weighted by atomic mass is 16.3. The summed E-state index contributed by atoms with van der Waals surface area (Å²) in [5.41, 5.74) is 16.3. The van der Waals surface area contributed by atoms with Gasteiger partial charge in [0.2, 0.25) is 70.9 Å². The van der Waals surface area contributed by atoms with Crippen molar-refractivity contribution >= 4 is 70.9 Å². The minimum atomic E-state index is -1.83. The van der Waals surface area contributed by atoms with E-state index in [1.54, 1.807) is 27.7 Å². The molecule has 25 heteroatoms. The molecule has 1 aromatic carbocycles. The highest BCUT2D eigenvalue weighted by molar-refractivity contribution is 5.99. The summed E-state index contributed by atoms with van der Waals surface area (Å²) in [6.07, 6.45) is -2.50. The number of aromatic hydroxyl groups is 1. The van der Waals surface area contributed by atoms with Gasteiger partial charge >= 0.3 is 0 Å². The number of carbonyl (C=O) groups excluding carboxylic acids is 12. The summed E-state index contributed by atoms with van der Waals surface area (Å²) in [5, 5.41) is 31.4. The van der Waals surface area contributed by atoms with Crippen LogP contribution in [-0.2, 0) is 64.0 Å². The molecule has 2 rings (SSSR count). The monoisotopic (exact) mass is 930 g/mol. The normalized spacial score (nSPS) is 21.2. The molecule has 66 heavy (non-hydrogen) atoms. The number of hydrogen-bond donors (Lipinski definition) is 13. The number of phenols is 1. The van der Waals surface area contributed by atoms with Crippen LogP contribution in [0.1, 0.15) is 78.2 Å². The Bertz CT molecular complexity index is 1960. The number of nitrogens with two attached hydrogens (primary N) is 3. The fourth-order valence-electron chi connectivity index (χ4n) is 6.40. The third kappa shape index (κ3) is 20.0. The molecule has 2 unspecified atom stereocenters. The van der Waals surface area contributed by atoms with Gasteiger partial charge in [0.25, 0.3) is 0 Å². The first-order chi connectivity index (χ1) is 31.0. The van der Waals surface area contributed by atoms with Gasteiger partial charge in [-0.3, -0.25) is 57.5 Å². The van der Waals surface area contributed by atoms with Crippen molar-refractivity contribution in [3.05, 3.63) is 29.8 Å². The number of carbonyl (C=O) groups is 12. The van der Waals surface area contributed by atoms with E-state index in [4.69, 9.17) is 17.2 Å². The second-order valence-electron chi connectivity index (χ2n) is 16.2. The molecular formula is C41H62N12O13. The third-order valence-corrected chi connectivity index (χ3v) is 10.1. The van der Waals surface area contributed by atoms with Gasteiger partial charge in [0.1, 0.15) is 42.0 Å². The van der Waals surface area contributed by atoms with Crippen molar-refractivity contribution in [3.63, 3.8) is 0 Å². The van der Waals surface area contributed by atoms with E-state index in [0.717, 1.165) is 0 Å². The molecule has 1 aliphatic rings. The fourth-order valence-corrected chi connectivity index (χ4v) is 6.40. The zero-order valence-corrected chi connectivity index (χ0v) is 37.3. The van der Waals surface area contributed by atoms with Crippen molar-refractivity contribution in [2.75, 3.05) is 19.6 Å². The molecular weight excluding hydrogens is 869 g/mol. The van der Waals surface area contributed by atoms with Gasteiger partial charge in [0, 0.05) is 19.3 Å². The van der Waals surface area contributed by atoms with Crippen LogP contribution in [0.2, 0.25) is 0 Å². The van der Waals surface area contributed by atoms with Crippen LogP contribution < -0.4 is 65.1 Å². The van der Waals surface area contributed by atoms with Crippen molar-refractivity contribution in [3.8, 4) is 5.75 Å². The van der Waals surface area contributed by atoms with Crippen molar-refractivity contribution < 1.29 is 62.6 Å². The van der Waals surface area contributed by atoms with E-state index in [0.29, 0.717) is 12.0 Å². The SMILES string of the molecule is CCC(C)C1NC(=O)[C@H](Cc2ccc(O)cc2)NC(=O)CNC(=O)CC[C@@H](C(=O)NCC(=O)N[C@@H](CC(C)C)C(=O)NCC(N)=O)NC(=O)[C@H](CC(N)=O)NC(=O)[C@H](CCC(N)=O)NC1=O. The Kier molecular flexibility index (Phi) is 22.5. The minimum Gasteiger partial charge on any atom is -0.508 e. The number of primary amides is 3. The molecule has 1 heterocycles. The number of rotatable bonds is 18.